The first-order chi connectivity index (χ1) is 6.56. The minimum atomic E-state index is -0.330. The van der Waals surface area contributed by atoms with E-state index in [1.165, 1.54) is 0 Å². The molecule has 3 N–H and O–H groups in total. The zero-order chi connectivity index (χ0) is 11.0. The van der Waals surface area contributed by atoms with Gasteiger partial charge in [0.1, 0.15) is 0 Å². The van der Waals surface area contributed by atoms with Gasteiger partial charge in [-0.05, 0) is 40.4 Å². The molecule has 0 rings (SSSR count). The first-order valence-corrected chi connectivity index (χ1v) is 5.29. The number of nitrogens with zero attached hydrogens (tertiary/aromatic N) is 1. The van der Waals surface area contributed by atoms with Crippen molar-refractivity contribution < 1.29 is 10.2 Å². The molecule has 4 heteroatoms. The molecule has 0 aromatic heterocycles. The Morgan fingerprint density at radius 3 is 2.00 bits per heavy atom. The lowest BCUT2D eigenvalue weighted by atomic mass is 10.2. The Kier molecular flexibility index (Phi) is 8.08. The fourth-order valence-electron chi connectivity index (χ4n) is 1.48. The van der Waals surface area contributed by atoms with Gasteiger partial charge in [0.25, 0.3) is 0 Å². The van der Waals surface area contributed by atoms with Crippen LogP contribution in [0.3, 0.4) is 0 Å². The normalized spacial score (nSPS) is 15.9. The zero-order valence-electron chi connectivity index (χ0n) is 9.53. The zero-order valence-corrected chi connectivity index (χ0v) is 9.53. The number of hydrogen-bond acceptors (Lipinski definition) is 4. The molecular formula is C10H24N2O2. The van der Waals surface area contributed by atoms with Gasteiger partial charge in [-0.15, -0.1) is 0 Å². The summed E-state index contributed by atoms with van der Waals surface area (Å²) in [6.45, 7) is 6.69. The van der Waals surface area contributed by atoms with E-state index in [2.05, 4.69) is 10.2 Å². The van der Waals surface area contributed by atoms with Crippen LogP contribution >= 0.6 is 0 Å². The van der Waals surface area contributed by atoms with E-state index < -0.39 is 0 Å². The monoisotopic (exact) mass is 204 g/mol. The third-order valence-corrected chi connectivity index (χ3v) is 1.95. The second kappa shape index (κ2) is 8.17. The van der Waals surface area contributed by atoms with Crippen LogP contribution in [-0.4, -0.2) is 60.5 Å². The summed E-state index contributed by atoms with van der Waals surface area (Å²) in [5.74, 6) is 0. The maximum Gasteiger partial charge on any atom is 0.0639 e. The molecule has 0 amide bonds. The van der Waals surface area contributed by atoms with Crippen molar-refractivity contribution >= 4 is 0 Å². The van der Waals surface area contributed by atoms with Crippen molar-refractivity contribution in [1.29, 1.82) is 0 Å². The summed E-state index contributed by atoms with van der Waals surface area (Å²) in [7, 11) is 1.92. The summed E-state index contributed by atoms with van der Waals surface area (Å²) in [6.07, 6.45) is 0.377. The summed E-state index contributed by atoms with van der Waals surface area (Å²) in [5.41, 5.74) is 0. The van der Waals surface area contributed by atoms with E-state index in [0.29, 0.717) is 13.1 Å². The van der Waals surface area contributed by atoms with Crippen molar-refractivity contribution in [3.63, 3.8) is 0 Å². The van der Waals surface area contributed by atoms with Gasteiger partial charge in [-0.2, -0.15) is 0 Å². The molecule has 0 fully saturated rings. The number of aliphatic hydroxyl groups excluding tert-OH is 2. The maximum absolute atomic E-state index is 9.25. The Hall–Kier alpha value is -0.160. The molecule has 0 aliphatic carbocycles. The van der Waals surface area contributed by atoms with Crippen LogP contribution in [0.4, 0.5) is 0 Å². The fraction of sp³-hybridized carbons (Fsp3) is 1.00. The summed E-state index contributed by atoms with van der Waals surface area (Å²) < 4.78 is 0. The number of rotatable bonds is 8. The third-order valence-electron chi connectivity index (χ3n) is 1.95. The van der Waals surface area contributed by atoms with Gasteiger partial charge in [-0.3, -0.25) is 4.90 Å². The van der Waals surface area contributed by atoms with Crippen LogP contribution in [-0.2, 0) is 0 Å². The molecule has 0 aliphatic heterocycles. The van der Waals surface area contributed by atoms with Crippen LogP contribution < -0.4 is 5.32 Å². The van der Waals surface area contributed by atoms with E-state index in [4.69, 9.17) is 0 Å². The Morgan fingerprint density at radius 1 is 1.14 bits per heavy atom. The average Bonchev–Trinajstić information content (AvgIpc) is 2.02. The largest absolute Gasteiger partial charge is 0.392 e. The molecule has 86 valence electrons. The topological polar surface area (TPSA) is 55.7 Å². The van der Waals surface area contributed by atoms with Gasteiger partial charge in [0.05, 0.1) is 12.2 Å². The lowest BCUT2D eigenvalue weighted by Gasteiger charge is -2.24. The second-order valence-electron chi connectivity index (χ2n) is 3.91. The minimum absolute atomic E-state index is 0.330. The standard InChI is InChI=1S/C10H24N2O2/c1-9(13)7-12(8-10(2)14)6-4-5-11-3/h9-11,13-14H,4-8H2,1-3H3. The lowest BCUT2D eigenvalue weighted by molar-refractivity contribution is 0.0830. The third kappa shape index (κ3) is 8.44. The first-order valence-electron chi connectivity index (χ1n) is 5.29. The molecule has 0 radical (unpaired) electrons. The quantitative estimate of drug-likeness (QED) is 0.473. The Bertz CT molecular complexity index is 119. The van der Waals surface area contributed by atoms with Crippen LogP contribution in [0, 0.1) is 0 Å². The van der Waals surface area contributed by atoms with Crippen molar-refractivity contribution in [1.82, 2.24) is 10.2 Å². The summed E-state index contributed by atoms with van der Waals surface area (Å²) in [4.78, 5) is 2.09. The van der Waals surface area contributed by atoms with Gasteiger partial charge in [-0.25, -0.2) is 0 Å². The molecule has 4 nitrogen and oxygen atoms in total. The van der Waals surface area contributed by atoms with E-state index in [-0.39, 0.29) is 12.2 Å². The Labute approximate surface area is 86.9 Å². The molecule has 0 heterocycles. The predicted octanol–water partition coefficient (Wildman–Crippen LogP) is -0.340. The molecule has 0 spiro atoms. The summed E-state index contributed by atoms with van der Waals surface area (Å²) in [5, 5.41) is 21.6. The molecular weight excluding hydrogens is 180 g/mol. The van der Waals surface area contributed by atoms with Crippen LogP contribution in [0.1, 0.15) is 20.3 Å². The Balaban J connectivity index is 3.72. The highest BCUT2D eigenvalue weighted by molar-refractivity contribution is 4.64. The van der Waals surface area contributed by atoms with Gasteiger partial charge < -0.3 is 15.5 Å². The highest BCUT2D eigenvalue weighted by Gasteiger charge is 2.09. The van der Waals surface area contributed by atoms with Crippen LogP contribution in [0.5, 0.6) is 0 Å². The molecule has 0 saturated carbocycles. The molecule has 0 bridgehead atoms. The predicted molar refractivity (Wildman–Crippen MR) is 58.3 cm³/mol. The van der Waals surface area contributed by atoms with Gasteiger partial charge in [0, 0.05) is 13.1 Å². The van der Waals surface area contributed by atoms with E-state index in [1.807, 2.05) is 7.05 Å². The van der Waals surface area contributed by atoms with Crippen molar-refractivity contribution in [2.45, 2.75) is 32.5 Å². The highest BCUT2D eigenvalue weighted by atomic mass is 16.3. The second-order valence-corrected chi connectivity index (χ2v) is 3.91. The molecule has 0 aromatic carbocycles. The molecule has 2 unspecified atom stereocenters. The minimum Gasteiger partial charge on any atom is -0.392 e. The van der Waals surface area contributed by atoms with Gasteiger partial charge in [0.2, 0.25) is 0 Å². The van der Waals surface area contributed by atoms with Crippen molar-refractivity contribution in [3.05, 3.63) is 0 Å². The molecule has 0 aliphatic rings. The van der Waals surface area contributed by atoms with Gasteiger partial charge in [-0.1, -0.05) is 0 Å². The average molecular weight is 204 g/mol. The van der Waals surface area contributed by atoms with E-state index in [0.717, 1.165) is 19.5 Å². The fourth-order valence-corrected chi connectivity index (χ4v) is 1.48. The maximum atomic E-state index is 9.25. The number of nitrogens with one attached hydrogen (secondary N) is 1. The van der Waals surface area contributed by atoms with Crippen LogP contribution in [0.25, 0.3) is 0 Å². The summed E-state index contributed by atoms with van der Waals surface area (Å²) in [6, 6.07) is 0. The first kappa shape index (κ1) is 13.8. The Morgan fingerprint density at radius 2 is 1.64 bits per heavy atom. The molecule has 2 atom stereocenters. The smallest absolute Gasteiger partial charge is 0.0639 e. The van der Waals surface area contributed by atoms with E-state index in [1.54, 1.807) is 13.8 Å². The SMILES string of the molecule is CNCCCN(CC(C)O)CC(C)O. The van der Waals surface area contributed by atoms with Crippen molar-refractivity contribution in [2.75, 3.05) is 33.2 Å². The summed E-state index contributed by atoms with van der Waals surface area (Å²) >= 11 is 0. The highest BCUT2D eigenvalue weighted by Crippen LogP contribution is 1.97. The van der Waals surface area contributed by atoms with Crippen molar-refractivity contribution in [3.8, 4) is 0 Å². The lowest BCUT2D eigenvalue weighted by Crippen LogP contribution is -2.37. The number of hydrogen-bond donors (Lipinski definition) is 3. The van der Waals surface area contributed by atoms with E-state index in [9.17, 15) is 10.2 Å². The van der Waals surface area contributed by atoms with Crippen LogP contribution in [0.15, 0.2) is 0 Å². The van der Waals surface area contributed by atoms with Gasteiger partial charge >= 0.3 is 0 Å². The number of aliphatic hydroxyl groups is 2. The van der Waals surface area contributed by atoms with E-state index >= 15 is 0 Å². The molecule has 0 saturated heterocycles. The molecule has 14 heavy (non-hydrogen) atoms. The van der Waals surface area contributed by atoms with Crippen LogP contribution in [0.2, 0.25) is 0 Å². The molecule has 0 aromatic rings. The van der Waals surface area contributed by atoms with Gasteiger partial charge in [0.15, 0.2) is 0 Å². The van der Waals surface area contributed by atoms with Crippen molar-refractivity contribution in [2.24, 2.45) is 0 Å².